The predicted octanol–water partition coefficient (Wildman–Crippen LogP) is 6.57. The molecule has 3 fully saturated rings. The molecule has 15 heteroatoms. The van der Waals surface area contributed by atoms with Gasteiger partial charge in [-0.15, -0.1) is 23.2 Å². The van der Waals surface area contributed by atoms with Gasteiger partial charge in [-0.2, -0.15) is 0 Å². The first kappa shape index (κ1) is 31.1. The number of rotatable bonds is 5. The van der Waals surface area contributed by atoms with E-state index in [4.69, 9.17) is 90.7 Å². The minimum absolute atomic E-state index is 0.0626. The molecule has 43 heavy (non-hydrogen) atoms. The van der Waals surface area contributed by atoms with E-state index < -0.39 is 49.6 Å². The van der Waals surface area contributed by atoms with Crippen molar-refractivity contribution in [2.75, 3.05) is 23.5 Å². The molecule has 4 aliphatic rings. The molecular weight excluding hydrogens is 708 g/mol. The Morgan fingerprint density at radius 2 is 1.49 bits per heavy atom. The number of imide groups is 1. The summed E-state index contributed by atoms with van der Waals surface area (Å²) in [5, 5.41) is 0.0413. The molecule has 5 atom stereocenters. The van der Waals surface area contributed by atoms with E-state index in [9.17, 15) is 19.2 Å². The molecule has 0 radical (unpaired) electrons. The molecule has 2 bridgehead atoms. The van der Waals surface area contributed by atoms with Crippen molar-refractivity contribution in [3.05, 3.63) is 57.0 Å². The van der Waals surface area contributed by atoms with Crippen LogP contribution in [-0.2, 0) is 19.2 Å². The van der Waals surface area contributed by atoms with Gasteiger partial charge in [-0.3, -0.25) is 19.2 Å². The Balaban J connectivity index is 1.21. The monoisotopic (exact) mass is 724 g/mol. The SMILES string of the molecule is COc1ccc(Cl)cc1N1C[C@H](C(=O)Oc2ccc(N3C(=O)[C@@H]4[C@@H](C3=O)[C@@]3(Cl)C(Cl)=C(Cl)[C@@]4(Cl)C3(Cl)Cl)c(C)c2)CC1=O. The number of anilines is 2. The van der Waals surface area contributed by atoms with Crippen molar-refractivity contribution in [3.8, 4) is 11.5 Å². The van der Waals surface area contributed by atoms with Crippen molar-refractivity contribution in [2.24, 2.45) is 17.8 Å². The highest BCUT2D eigenvalue weighted by Gasteiger charge is 2.87. The number of ether oxygens (including phenoxy) is 2. The molecule has 2 aliphatic heterocycles. The van der Waals surface area contributed by atoms with Crippen LogP contribution in [0, 0.1) is 24.7 Å². The maximum atomic E-state index is 13.7. The number of carbonyl (C=O) groups is 4. The van der Waals surface area contributed by atoms with Crippen LogP contribution in [0.2, 0.25) is 5.02 Å². The molecule has 226 valence electrons. The Kier molecular flexibility index (Phi) is 7.45. The summed E-state index contributed by atoms with van der Waals surface area (Å²) < 4.78 is 8.89. The lowest BCUT2D eigenvalue weighted by atomic mass is 9.84. The first-order valence-electron chi connectivity index (χ1n) is 12.8. The fourth-order valence-corrected chi connectivity index (χ4v) is 9.44. The third kappa shape index (κ3) is 4.03. The molecule has 2 aliphatic carbocycles. The minimum atomic E-state index is -2.04. The van der Waals surface area contributed by atoms with E-state index in [1.165, 1.54) is 30.2 Å². The number of alkyl halides is 4. The van der Waals surface area contributed by atoms with Crippen LogP contribution in [0.3, 0.4) is 0 Å². The molecule has 6 rings (SSSR count). The lowest BCUT2D eigenvalue weighted by Gasteiger charge is -2.34. The topological polar surface area (TPSA) is 93.2 Å². The second kappa shape index (κ2) is 10.3. The summed E-state index contributed by atoms with van der Waals surface area (Å²) in [6.45, 7) is 1.69. The zero-order valence-corrected chi connectivity index (χ0v) is 27.4. The predicted molar refractivity (Wildman–Crippen MR) is 165 cm³/mol. The Bertz CT molecular complexity index is 1630. The van der Waals surface area contributed by atoms with Crippen LogP contribution in [0.5, 0.6) is 11.5 Å². The second-order valence-corrected chi connectivity index (χ2v) is 14.4. The Morgan fingerprint density at radius 3 is 2.05 bits per heavy atom. The van der Waals surface area contributed by atoms with Crippen LogP contribution in [0.25, 0.3) is 0 Å². The van der Waals surface area contributed by atoms with Gasteiger partial charge in [-0.05, 0) is 48.9 Å². The zero-order valence-electron chi connectivity index (χ0n) is 22.1. The van der Waals surface area contributed by atoms with E-state index in [2.05, 4.69) is 0 Å². The Labute approximate surface area is 280 Å². The first-order valence-corrected chi connectivity index (χ1v) is 15.4. The molecule has 2 heterocycles. The smallest absolute Gasteiger partial charge is 0.316 e. The van der Waals surface area contributed by atoms with Gasteiger partial charge >= 0.3 is 5.97 Å². The fourth-order valence-electron chi connectivity index (χ4n) is 6.35. The molecule has 1 saturated carbocycles. The molecule has 0 aromatic heterocycles. The Hall–Kier alpha value is -1.91. The van der Waals surface area contributed by atoms with Crippen LogP contribution >= 0.6 is 81.2 Å². The van der Waals surface area contributed by atoms with Crippen LogP contribution in [0.1, 0.15) is 12.0 Å². The fraction of sp³-hybridized carbons (Fsp3) is 0.357. The number of amides is 3. The molecular formula is C28H19Cl7N2O6. The summed E-state index contributed by atoms with van der Waals surface area (Å²) in [5.41, 5.74) is 1.08. The highest BCUT2D eigenvalue weighted by atomic mass is 35.5. The Morgan fingerprint density at radius 1 is 0.884 bits per heavy atom. The summed E-state index contributed by atoms with van der Waals surface area (Å²) in [7, 11) is 1.47. The highest BCUT2D eigenvalue weighted by Crippen LogP contribution is 2.77. The van der Waals surface area contributed by atoms with Crippen molar-refractivity contribution >= 4 is 116 Å². The number of carbonyl (C=O) groups excluding carboxylic acids is 4. The minimum Gasteiger partial charge on any atom is -0.495 e. The summed E-state index contributed by atoms with van der Waals surface area (Å²) in [6.07, 6.45) is -0.0761. The van der Waals surface area contributed by atoms with Gasteiger partial charge in [-0.1, -0.05) is 58.0 Å². The number of aryl methyl sites for hydroxylation is 1. The lowest BCUT2D eigenvalue weighted by molar-refractivity contribution is -0.139. The summed E-state index contributed by atoms with van der Waals surface area (Å²) in [6, 6.07) is 9.22. The number of halogens is 7. The quantitative estimate of drug-likeness (QED) is 0.150. The molecule has 2 aromatic carbocycles. The van der Waals surface area contributed by atoms with Crippen molar-refractivity contribution in [2.45, 2.75) is 27.4 Å². The van der Waals surface area contributed by atoms with Crippen LogP contribution in [0.15, 0.2) is 46.5 Å². The number of hydrogen-bond donors (Lipinski definition) is 0. The first-order chi connectivity index (χ1) is 20.1. The van der Waals surface area contributed by atoms with Gasteiger partial charge in [0.15, 0.2) is 4.33 Å². The van der Waals surface area contributed by atoms with Crippen molar-refractivity contribution in [3.63, 3.8) is 0 Å². The zero-order chi connectivity index (χ0) is 31.4. The maximum Gasteiger partial charge on any atom is 0.316 e. The van der Waals surface area contributed by atoms with E-state index in [1.54, 1.807) is 25.1 Å². The summed E-state index contributed by atoms with van der Waals surface area (Å²) >= 11 is 45.5. The summed E-state index contributed by atoms with van der Waals surface area (Å²) in [4.78, 5) is 51.7. The van der Waals surface area contributed by atoms with Gasteiger partial charge in [0.25, 0.3) is 0 Å². The average molecular weight is 728 g/mol. The van der Waals surface area contributed by atoms with Crippen molar-refractivity contribution in [1.82, 2.24) is 0 Å². The van der Waals surface area contributed by atoms with Gasteiger partial charge < -0.3 is 14.4 Å². The molecule has 0 spiro atoms. The van der Waals surface area contributed by atoms with Gasteiger partial charge in [0.05, 0.1) is 46.3 Å². The summed E-state index contributed by atoms with van der Waals surface area (Å²) in [5.74, 6) is -5.06. The number of allylic oxidation sites excluding steroid dienone is 2. The molecule has 0 unspecified atom stereocenters. The van der Waals surface area contributed by atoms with Crippen molar-refractivity contribution in [1.29, 1.82) is 0 Å². The molecule has 3 amide bonds. The maximum absolute atomic E-state index is 13.7. The van der Waals surface area contributed by atoms with Gasteiger partial charge in [-0.25, -0.2) is 4.90 Å². The molecule has 2 saturated heterocycles. The van der Waals surface area contributed by atoms with E-state index in [0.29, 0.717) is 22.0 Å². The highest BCUT2D eigenvalue weighted by molar-refractivity contribution is 6.67. The number of hydrogen-bond acceptors (Lipinski definition) is 6. The lowest BCUT2D eigenvalue weighted by Crippen LogP contribution is -2.50. The van der Waals surface area contributed by atoms with Crippen LogP contribution in [-0.4, -0.2) is 51.4 Å². The van der Waals surface area contributed by atoms with Crippen LogP contribution in [0.4, 0.5) is 11.4 Å². The number of esters is 1. The normalized spacial score (nSPS) is 30.9. The van der Waals surface area contributed by atoms with Gasteiger partial charge in [0.2, 0.25) is 17.7 Å². The van der Waals surface area contributed by atoms with Gasteiger partial charge in [0, 0.05) is 18.0 Å². The average Bonchev–Trinajstić information content (AvgIpc) is 3.54. The standard InChI is InChI=1S/C28H19Cl7N2O6/c1-11-7-14(43-25(41)12-8-18(38)36(10-12)16-9-13(29)3-6-17(16)42-2)4-5-15(11)37-23(39)19-20(24(37)40)27(33)22(31)21(30)26(19,32)28(27,34)35/h3-7,9,12,19-20H,8,10H2,1-2H3/t12-,19+,20+,26-,27-/m1/s1. The number of methoxy groups -OCH3 is 1. The third-order valence-electron chi connectivity index (χ3n) is 8.43. The van der Waals surface area contributed by atoms with Crippen LogP contribution < -0.4 is 19.3 Å². The van der Waals surface area contributed by atoms with E-state index in [-0.39, 0.29) is 40.4 Å². The van der Waals surface area contributed by atoms with E-state index in [0.717, 1.165) is 4.90 Å². The van der Waals surface area contributed by atoms with E-state index in [1.807, 2.05) is 0 Å². The van der Waals surface area contributed by atoms with Crippen molar-refractivity contribution < 1.29 is 28.7 Å². The number of nitrogens with zero attached hydrogens (tertiary/aromatic N) is 2. The molecule has 8 nitrogen and oxygen atoms in total. The van der Waals surface area contributed by atoms with Gasteiger partial charge in [0.1, 0.15) is 21.2 Å². The third-order valence-corrected chi connectivity index (χ3v) is 12.9. The second-order valence-electron chi connectivity index (χ2n) is 10.7. The van der Waals surface area contributed by atoms with E-state index >= 15 is 0 Å². The largest absolute Gasteiger partial charge is 0.495 e. The number of fused-ring (bicyclic) bond motifs is 5. The molecule has 2 aromatic rings. The number of benzene rings is 2. The molecule has 0 N–H and O–H groups in total.